The van der Waals surface area contributed by atoms with Gasteiger partial charge in [0.2, 0.25) is 0 Å². The molecule has 2 bridgehead atoms. The number of Topliss-reactive ketones (excluding diaryl/α,β-unsaturated/α-hetero) is 1. The van der Waals surface area contributed by atoms with Gasteiger partial charge in [-0.05, 0) is 29.4 Å². The van der Waals surface area contributed by atoms with Gasteiger partial charge in [0.1, 0.15) is 5.57 Å². The number of hydrogen-bond donors (Lipinski definition) is 0. The molecule has 1 aromatic rings. The second-order valence-corrected chi connectivity index (χ2v) is 6.02. The van der Waals surface area contributed by atoms with Crippen LogP contribution in [0.2, 0.25) is 0 Å². The van der Waals surface area contributed by atoms with Crippen molar-refractivity contribution >= 4 is 11.4 Å². The number of fused-ring (bicyclic) bond motifs is 5. The van der Waals surface area contributed by atoms with Crippen molar-refractivity contribution in [2.24, 2.45) is 23.7 Å². The molecule has 0 heterocycles. The molecule has 0 aliphatic heterocycles. The molecule has 1 nitrogen and oxygen atoms in total. The third kappa shape index (κ3) is 1.68. The molecular weight excluding hydrogens is 277 g/mol. The molecule has 0 amide bonds. The van der Waals surface area contributed by atoms with Crippen molar-refractivity contribution in [3.05, 3.63) is 53.6 Å². The Labute approximate surface area is 120 Å². The molecule has 4 heteroatoms. The van der Waals surface area contributed by atoms with E-state index in [4.69, 9.17) is 0 Å². The van der Waals surface area contributed by atoms with Crippen LogP contribution in [-0.4, -0.2) is 12.0 Å². The lowest BCUT2D eigenvalue weighted by atomic mass is 9.80. The summed E-state index contributed by atoms with van der Waals surface area (Å²) < 4.78 is 40.3. The van der Waals surface area contributed by atoms with E-state index in [0.717, 1.165) is 6.42 Å². The van der Waals surface area contributed by atoms with Gasteiger partial charge in [-0.1, -0.05) is 42.5 Å². The molecule has 3 aliphatic carbocycles. The number of benzene rings is 1. The molecule has 0 radical (unpaired) electrons. The van der Waals surface area contributed by atoms with Crippen molar-refractivity contribution < 1.29 is 18.0 Å². The van der Waals surface area contributed by atoms with Crippen LogP contribution in [0.1, 0.15) is 12.0 Å². The number of carbonyl (C=O) groups is 1. The van der Waals surface area contributed by atoms with Gasteiger partial charge in [0.25, 0.3) is 0 Å². The lowest BCUT2D eigenvalue weighted by molar-refractivity contribution is -0.131. The molecule has 108 valence electrons. The van der Waals surface area contributed by atoms with E-state index in [9.17, 15) is 18.0 Å². The summed E-state index contributed by atoms with van der Waals surface area (Å²) in [7, 11) is 0. The quantitative estimate of drug-likeness (QED) is 0.714. The summed E-state index contributed by atoms with van der Waals surface area (Å²) >= 11 is 0. The molecule has 4 atom stereocenters. The van der Waals surface area contributed by atoms with E-state index in [2.05, 4.69) is 0 Å². The second kappa shape index (κ2) is 4.09. The zero-order valence-corrected chi connectivity index (χ0v) is 11.1. The Hall–Kier alpha value is -1.84. The monoisotopic (exact) mass is 290 g/mol. The Balaban J connectivity index is 1.94. The fourth-order valence-electron chi connectivity index (χ4n) is 4.29. The van der Waals surface area contributed by atoms with E-state index in [1.165, 1.54) is 0 Å². The fourth-order valence-corrected chi connectivity index (χ4v) is 4.29. The minimum Gasteiger partial charge on any atom is -0.294 e. The molecule has 1 fully saturated rings. The third-order valence-electron chi connectivity index (χ3n) is 4.98. The third-order valence-corrected chi connectivity index (χ3v) is 4.98. The summed E-state index contributed by atoms with van der Waals surface area (Å²) in [5.41, 5.74) is -0.163. The molecule has 0 saturated heterocycles. The highest BCUT2D eigenvalue weighted by molar-refractivity contribution is 6.11. The molecule has 4 rings (SSSR count). The van der Waals surface area contributed by atoms with Crippen molar-refractivity contribution in [3.8, 4) is 0 Å². The SMILES string of the molecule is O=C1C(C(F)(F)F)=C(c2ccccc2)[C@H]2[C@@H]1[C@@H]1C=C[C@H]2C1. The van der Waals surface area contributed by atoms with Crippen LogP contribution >= 0.6 is 0 Å². The van der Waals surface area contributed by atoms with Crippen molar-refractivity contribution in [1.82, 2.24) is 0 Å². The van der Waals surface area contributed by atoms with Crippen molar-refractivity contribution in [1.29, 1.82) is 0 Å². The summed E-state index contributed by atoms with van der Waals surface area (Å²) in [6.45, 7) is 0. The summed E-state index contributed by atoms with van der Waals surface area (Å²) in [6.07, 6.45) is 0.140. The first-order valence-electron chi connectivity index (χ1n) is 7.08. The van der Waals surface area contributed by atoms with Gasteiger partial charge in [-0.2, -0.15) is 13.2 Å². The van der Waals surface area contributed by atoms with E-state index in [0.29, 0.717) is 5.56 Å². The van der Waals surface area contributed by atoms with Crippen LogP contribution in [0, 0.1) is 23.7 Å². The normalized spacial score (nSPS) is 34.0. The maximum atomic E-state index is 13.4. The topological polar surface area (TPSA) is 17.1 Å². The van der Waals surface area contributed by atoms with Crippen molar-refractivity contribution in [3.63, 3.8) is 0 Å². The Morgan fingerprint density at radius 1 is 0.952 bits per heavy atom. The van der Waals surface area contributed by atoms with Gasteiger partial charge in [-0.25, -0.2) is 0 Å². The maximum absolute atomic E-state index is 13.4. The summed E-state index contributed by atoms with van der Waals surface area (Å²) in [5.74, 6) is -1.47. The van der Waals surface area contributed by atoms with Crippen LogP contribution in [-0.2, 0) is 4.79 Å². The van der Waals surface area contributed by atoms with Gasteiger partial charge in [0.05, 0.1) is 0 Å². The van der Waals surface area contributed by atoms with Crippen LogP contribution in [0.15, 0.2) is 48.1 Å². The molecule has 0 N–H and O–H groups in total. The first-order chi connectivity index (χ1) is 9.98. The summed E-state index contributed by atoms with van der Waals surface area (Å²) in [5, 5.41) is 0. The molecular formula is C17H13F3O. The Kier molecular flexibility index (Phi) is 2.51. The van der Waals surface area contributed by atoms with Crippen LogP contribution in [0.3, 0.4) is 0 Å². The van der Waals surface area contributed by atoms with Gasteiger partial charge in [0.15, 0.2) is 5.78 Å². The van der Waals surface area contributed by atoms with E-state index in [-0.39, 0.29) is 23.3 Å². The molecule has 0 unspecified atom stereocenters. The predicted molar refractivity (Wildman–Crippen MR) is 72.1 cm³/mol. The zero-order valence-electron chi connectivity index (χ0n) is 11.1. The summed E-state index contributed by atoms with van der Waals surface area (Å²) in [6, 6.07) is 8.56. The Bertz CT molecular complexity index is 669. The fraction of sp³-hybridized carbons (Fsp3) is 0.353. The van der Waals surface area contributed by atoms with Crippen LogP contribution in [0.25, 0.3) is 5.57 Å². The lowest BCUT2D eigenvalue weighted by Gasteiger charge is -2.22. The summed E-state index contributed by atoms with van der Waals surface area (Å²) in [4.78, 5) is 12.4. The molecule has 0 aromatic heterocycles. The number of carbonyl (C=O) groups excluding carboxylic acids is 1. The van der Waals surface area contributed by atoms with Gasteiger partial charge in [-0.3, -0.25) is 4.79 Å². The largest absolute Gasteiger partial charge is 0.420 e. The van der Waals surface area contributed by atoms with Gasteiger partial charge in [-0.15, -0.1) is 0 Å². The predicted octanol–water partition coefficient (Wildman–Crippen LogP) is 4.02. The number of allylic oxidation sites excluding steroid dienone is 4. The Morgan fingerprint density at radius 3 is 2.19 bits per heavy atom. The van der Waals surface area contributed by atoms with E-state index < -0.39 is 23.5 Å². The Morgan fingerprint density at radius 2 is 1.57 bits per heavy atom. The maximum Gasteiger partial charge on any atom is 0.420 e. The highest BCUT2D eigenvalue weighted by Gasteiger charge is 2.60. The number of hydrogen-bond acceptors (Lipinski definition) is 1. The number of rotatable bonds is 1. The lowest BCUT2D eigenvalue weighted by Crippen LogP contribution is -2.25. The van der Waals surface area contributed by atoms with E-state index >= 15 is 0 Å². The van der Waals surface area contributed by atoms with Crippen molar-refractivity contribution in [2.75, 3.05) is 0 Å². The number of alkyl halides is 3. The number of halogens is 3. The highest BCUT2D eigenvalue weighted by atomic mass is 19.4. The van der Waals surface area contributed by atoms with Gasteiger partial charge in [0, 0.05) is 11.8 Å². The first kappa shape index (κ1) is 12.9. The smallest absolute Gasteiger partial charge is 0.294 e. The van der Waals surface area contributed by atoms with Gasteiger partial charge >= 0.3 is 6.18 Å². The minimum absolute atomic E-state index is 0.0222. The van der Waals surface area contributed by atoms with Crippen LogP contribution in [0.4, 0.5) is 13.2 Å². The van der Waals surface area contributed by atoms with E-state index in [1.54, 1.807) is 30.3 Å². The number of ketones is 1. The van der Waals surface area contributed by atoms with Crippen molar-refractivity contribution in [2.45, 2.75) is 12.6 Å². The first-order valence-corrected chi connectivity index (χ1v) is 7.08. The molecule has 0 spiro atoms. The standard InChI is InChI=1S/C17H13F3O/c18-17(19,20)15-13(9-4-2-1-3-5-9)12-10-6-7-11(8-10)14(12)16(15)21/h1-7,10-12,14H,8H2/t10-,11+,12-,14-/m0/s1. The van der Waals surface area contributed by atoms with Crippen LogP contribution < -0.4 is 0 Å². The van der Waals surface area contributed by atoms with Crippen LogP contribution in [0.5, 0.6) is 0 Å². The average Bonchev–Trinajstić information content (AvgIpc) is 3.10. The molecule has 3 aliphatic rings. The van der Waals surface area contributed by atoms with E-state index in [1.807, 2.05) is 12.2 Å². The zero-order chi connectivity index (χ0) is 14.8. The molecule has 1 saturated carbocycles. The molecule has 1 aromatic carbocycles. The average molecular weight is 290 g/mol. The minimum atomic E-state index is -4.58. The highest BCUT2D eigenvalue weighted by Crippen LogP contribution is 2.60. The molecule has 21 heavy (non-hydrogen) atoms. The second-order valence-electron chi connectivity index (χ2n) is 6.02. The van der Waals surface area contributed by atoms with Gasteiger partial charge < -0.3 is 0 Å².